The van der Waals surface area contributed by atoms with E-state index in [4.69, 9.17) is 4.74 Å². The Hall–Kier alpha value is -1.10. The number of aliphatic hydroxyl groups excluding tert-OH is 1. The SMILES string of the molecule is COc1ccc(C(O)CN2CCNCC2)c(C)c1. The van der Waals surface area contributed by atoms with Crippen molar-refractivity contribution in [2.75, 3.05) is 39.8 Å². The van der Waals surface area contributed by atoms with Crippen molar-refractivity contribution in [2.45, 2.75) is 13.0 Å². The van der Waals surface area contributed by atoms with Gasteiger partial charge in [0.15, 0.2) is 0 Å². The summed E-state index contributed by atoms with van der Waals surface area (Å²) in [5, 5.41) is 13.6. The third kappa shape index (κ3) is 3.22. The van der Waals surface area contributed by atoms with E-state index in [2.05, 4.69) is 10.2 Å². The maximum atomic E-state index is 10.3. The summed E-state index contributed by atoms with van der Waals surface area (Å²) in [6.07, 6.45) is -0.422. The first kappa shape index (κ1) is 13.3. The number of ether oxygens (including phenoxy) is 1. The molecule has 0 bridgehead atoms. The summed E-state index contributed by atoms with van der Waals surface area (Å²) in [6.45, 7) is 6.74. The highest BCUT2D eigenvalue weighted by Crippen LogP contribution is 2.23. The Morgan fingerprint density at radius 3 is 2.72 bits per heavy atom. The molecule has 1 unspecified atom stereocenters. The molecule has 0 aliphatic carbocycles. The zero-order chi connectivity index (χ0) is 13.0. The number of nitrogens with one attached hydrogen (secondary N) is 1. The first-order valence-electron chi connectivity index (χ1n) is 6.46. The van der Waals surface area contributed by atoms with Crippen LogP contribution in [0.4, 0.5) is 0 Å². The van der Waals surface area contributed by atoms with E-state index in [-0.39, 0.29) is 0 Å². The van der Waals surface area contributed by atoms with Crippen LogP contribution in [-0.4, -0.2) is 49.8 Å². The van der Waals surface area contributed by atoms with Crippen molar-refractivity contribution in [3.05, 3.63) is 29.3 Å². The molecular weight excluding hydrogens is 228 g/mol. The van der Waals surface area contributed by atoms with Crippen molar-refractivity contribution in [1.82, 2.24) is 10.2 Å². The molecule has 1 aliphatic heterocycles. The Labute approximate surface area is 109 Å². The van der Waals surface area contributed by atoms with E-state index in [1.807, 2.05) is 25.1 Å². The molecule has 4 nitrogen and oxygen atoms in total. The van der Waals surface area contributed by atoms with Crippen LogP contribution in [0.25, 0.3) is 0 Å². The fourth-order valence-corrected chi connectivity index (χ4v) is 2.39. The van der Waals surface area contributed by atoms with Gasteiger partial charge in [-0.15, -0.1) is 0 Å². The highest BCUT2D eigenvalue weighted by Gasteiger charge is 2.17. The molecule has 0 radical (unpaired) electrons. The van der Waals surface area contributed by atoms with Gasteiger partial charge in [0.2, 0.25) is 0 Å². The van der Waals surface area contributed by atoms with Crippen molar-refractivity contribution < 1.29 is 9.84 Å². The number of benzene rings is 1. The quantitative estimate of drug-likeness (QED) is 0.835. The maximum absolute atomic E-state index is 10.3. The van der Waals surface area contributed by atoms with Crippen molar-refractivity contribution in [3.8, 4) is 5.75 Å². The van der Waals surface area contributed by atoms with Gasteiger partial charge in [-0.3, -0.25) is 4.90 Å². The summed E-state index contributed by atoms with van der Waals surface area (Å²) in [5.74, 6) is 0.839. The number of methoxy groups -OCH3 is 1. The molecule has 4 heteroatoms. The summed E-state index contributed by atoms with van der Waals surface area (Å²) < 4.78 is 5.18. The second-order valence-corrected chi connectivity index (χ2v) is 4.79. The highest BCUT2D eigenvalue weighted by molar-refractivity contribution is 5.36. The standard InChI is InChI=1S/C14H22N2O2/c1-11-9-12(18-2)3-4-13(11)14(17)10-16-7-5-15-6-8-16/h3-4,9,14-15,17H,5-8,10H2,1-2H3. The molecular formula is C14H22N2O2. The van der Waals surface area contributed by atoms with Gasteiger partial charge in [-0.05, 0) is 30.2 Å². The average molecular weight is 250 g/mol. The van der Waals surface area contributed by atoms with Crippen LogP contribution in [0.2, 0.25) is 0 Å². The number of hydrogen-bond acceptors (Lipinski definition) is 4. The van der Waals surface area contributed by atoms with Gasteiger partial charge < -0.3 is 15.2 Å². The van der Waals surface area contributed by atoms with Gasteiger partial charge in [0, 0.05) is 32.7 Å². The van der Waals surface area contributed by atoms with Gasteiger partial charge in [-0.25, -0.2) is 0 Å². The average Bonchev–Trinajstić information content (AvgIpc) is 2.39. The Morgan fingerprint density at radius 2 is 2.11 bits per heavy atom. The second kappa shape index (κ2) is 6.18. The largest absolute Gasteiger partial charge is 0.497 e. The first-order chi connectivity index (χ1) is 8.70. The molecule has 1 fully saturated rings. The lowest BCUT2D eigenvalue weighted by Crippen LogP contribution is -2.45. The van der Waals surface area contributed by atoms with Gasteiger partial charge in [0.1, 0.15) is 5.75 Å². The van der Waals surface area contributed by atoms with Gasteiger partial charge in [0.25, 0.3) is 0 Å². The molecule has 100 valence electrons. The van der Waals surface area contributed by atoms with Gasteiger partial charge >= 0.3 is 0 Å². The zero-order valence-electron chi connectivity index (χ0n) is 11.1. The molecule has 0 saturated carbocycles. The fraction of sp³-hybridized carbons (Fsp3) is 0.571. The summed E-state index contributed by atoms with van der Waals surface area (Å²) in [7, 11) is 1.66. The van der Waals surface area contributed by atoms with Gasteiger partial charge in [0.05, 0.1) is 13.2 Å². The molecule has 0 amide bonds. The third-order valence-corrected chi connectivity index (χ3v) is 3.48. The first-order valence-corrected chi connectivity index (χ1v) is 6.46. The van der Waals surface area contributed by atoms with Gasteiger partial charge in [-0.1, -0.05) is 6.07 Å². The van der Waals surface area contributed by atoms with Crippen molar-refractivity contribution in [1.29, 1.82) is 0 Å². The number of piperazine rings is 1. The smallest absolute Gasteiger partial charge is 0.119 e. The summed E-state index contributed by atoms with van der Waals surface area (Å²) >= 11 is 0. The predicted octanol–water partition coefficient (Wildman–Crippen LogP) is 0.942. The minimum Gasteiger partial charge on any atom is -0.497 e. The molecule has 1 saturated heterocycles. The van der Waals surface area contributed by atoms with Crippen LogP contribution >= 0.6 is 0 Å². The molecule has 1 heterocycles. The summed E-state index contributed by atoms with van der Waals surface area (Å²) in [6, 6.07) is 5.83. The summed E-state index contributed by atoms with van der Waals surface area (Å²) in [4.78, 5) is 2.30. The Kier molecular flexibility index (Phi) is 4.58. The van der Waals surface area contributed by atoms with Crippen LogP contribution in [0, 0.1) is 6.92 Å². The van der Waals surface area contributed by atoms with E-state index in [0.29, 0.717) is 6.54 Å². The minimum absolute atomic E-state index is 0.422. The molecule has 1 aromatic carbocycles. The lowest BCUT2D eigenvalue weighted by Gasteiger charge is -2.29. The molecule has 0 aromatic heterocycles. The van der Waals surface area contributed by atoms with E-state index < -0.39 is 6.10 Å². The number of rotatable bonds is 4. The second-order valence-electron chi connectivity index (χ2n) is 4.79. The van der Waals surface area contributed by atoms with E-state index in [1.165, 1.54) is 0 Å². The minimum atomic E-state index is -0.422. The number of aryl methyl sites for hydroxylation is 1. The molecule has 1 aliphatic rings. The van der Waals surface area contributed by atoms with E-state index in [1.54, 1.807) is 7.11 Å². The van der Waals surface area contributed by atoms with E-state index >= 15 is 0 Å². The van der Waals surface area contributed by atoms with Crippen molar-refractivity contribution >= 4 is 0 Å². The van der Waals surface area contributed by atoms with E-state index in [0.717, 1.165) is 43.1 Å². The predicted molar refractivity (Wildman–Crippen MR) is 72.0 cm³/mol. The Bertz CT molecular complexity index is 389. The number of nitrogens with zero attached hydrogens (tertiary/aromatic N) is 1. The third-order valence-electron chi connectivity index (χ3n) is 3.48. The molecule has 18 heavy (non-hydrogen) atoms. The summed E-state index contributed by atoms with van der Waals surface area (Å²) in [5.41, 5.74) is 2.08. The Morgan fingerprint density at radius 1 is 1.39 bits per heavy atom. The van der Waals surface area contributed by atoms with Crippen LogP contribution in [0.5, 0.6) is 5.75 Å². The maximum Gasteiger partial charge on any atom is 0.119 e. The van der Waals surface area contributed by atoms with Crippen LogP contribution in [0.1, 0.15) is 17.2 Å². The lowest BCUT2D eigenvalue weighted by molar-refractivity contribution is 0.105. The number of aliphatic hydroxyl groups is 1. The molecule has 0 spiro atoms. The van der Waals surface area contributed by atoms with Crippen LogP contribution < -0.4 is 10.1 Å². The topological polar surface area (TPSA) is 44.7 Å². The molecule has 1 atom stereocenters. The van der Waals surface area contributed by atoms with Crippen LogP contribution in [0.15, 0.2) is 18.2 Å². The molecule has 1 aromatic rings. The monoisotopic (exact) mass is 250 g/mol. The van der Waals surface area contributed by atoms with Gasteiger partial charge in [-0.2, -0.15) is 0 Å². The van der Waals surface area contributed by atoms with Crippen molar-refractivity contribution in [2.24, 2.45) is 0 Å². The molecule has 2 N–H and O–H groups in total. The van der Waals surface area contributed by atoms with Crippen LogP contribution in [-0.2, 0) is 0 Å². The molecule has 2 rings (SSSR count). The number of hydrogen-bond donors (Lipinski definition) is 2. The van der Waals surface area contributed by atoms with Crippen molar-refractivity contribution in [3.63, 3.8) is 0 Å². The lowest BCUT2D eigenvalue weighted by atomic mass is 10.0. The zero-order valence-corrected chi connectivity index (χ0v) is 11.1. The fourth-order valence-electron chi connectivity index (χ4n) is 2.39. The van der Waals surface area contributed by atoms with Crippen LogP contribution in [0.3, 0.4) is 0 Å². The van der Waals surface area contributed by atoms with E-state index in [9.17, 15) is 5.11 Å². The Balaban J connectivity index is 2.01. The number of β-amino-alcohol motifs (C(OH)–C–C–N with tert-alkyl or cyclic N) is 1. The normalized spacial score (nSPS) is 18.6. The highest BCUT2D eigenvalue weighted by atomic mass is 16.5.